The number of carbonyl (C=O) groups excluding carboxylic acids is 2. The maximum atomic E-state index is 13.5. The smallest absolute Gasteiger partial charge is 0.321 e. The molecule has 1 aromatic rings. The zero-order valence-electron chi connectivity index (χ0n) is 10.5. The molecule has 7 heteroatoms. The van der Waals surface area contributed by atoms with Crippen molar-refractivity contribution in [3.63, 3.8) is 0 Å². The second-order valence-electron chi connectivity index (χ2n) is 3.68. The van der Waals surface area contributed by atoms with Crippen LogP contribution in [0.3, 0.4) is 0 Å². The SMILES string of the molecule is CCNC(=O)NC(=O)[C@H](C)Oc1ccc(Br)cc1F. The number of urea groups is 1. The van der Waals surface area contributed by atoms with E-state index in [0.29, 0.717) is 11.0 Å². The fourth-order valence-electron chi connectivity index (χ4n) is 1.23. The summed E-state index contributed by atoms with van der Waals surface area (Å²) in [4.78, 5) is 22.7. The first-order chi connectivity index (χ1) is 8.93. The van der Waals surface area contributed by atoms with Crippen LogP contribution in [0, 0.1) is 5.82 Å². The molecule has 19 heavy (non-hydrogen) atoms. The molecular formula is C12H14BrFN2O3. The van der Waals surface area contributed by atoms with E-state index in [4.69, 9.17) is 4.74 Å². The Morgan fingerprint density at radius 2 is 2.16 bits per heavy atom. The van der Waals surface area contributed by atoms with Crippen molar-refractivity contribution in [2.24, 2.45) is 0 Å². The van der Waals surface area contributed by atoms with Crippen molar-refractivity contribution in [2.75, 3.05) is 6.54 Å². The predicted octanol–water partition coefficient (Wildman–Crippen LogP) is 2.20. The van der Waals surface area contributed by atoms with E-state index in [1.165, 1.54) is 19.1 Å². The van der Waals surface area contributed by atoms with Crippen LogP contribution in [0.4, 0.5) is 9.18 Å². The van der Waals surface area contributed by atoms with Gasteiger partial charge in [0.2, 0.25) is 0 Å². The molecule has 1 atom stereocenters. The molecule has 0 saturated carbocycles. The lowest BCUT2D eigenvalue weighted by atomic mass is 10.3. The quantitative estimate of drug-likeness (QED) is 0.888. The van der Waals surface area contributed by atoms with Crippen LogP contribution in [0.25, 0.3) is 0 Å². The highest BCUT2D eigenvalue weighted by Gasteiger charge is 2.18. The Morgan fingerprint density at radius 3 is 2.74 bits per heavy atom. The van der Waals surface area contributed by atoms with E-state index in [0.717, 1.165) is 0 Å². The molecule has 2 N–H and O–H groups in total. The van der Waals surface area contributed by atoms with Crippen LogP contribution < -0.4 is 15.4 Å². The van der Waals surface area contributed by atoms with Gasteiger partial charge in [-0.2, -0.15) is 0 Å². The van der Waals surface area contributed by atoms with Crippen molar-refractivity contribution in [3.8, 4) is 5.75 Å². The number of hydrogen-bond acceptors (Lipinski definition) is 3. The summed E-state index contributed by atoms with van der Waals surface area (Å²) in [7, 11) is 0. The summed E-state index contributed by atoms with van der Waals surface area (Å²) in [5.41, 5.74) is 0. The molecule has 0 radical (unpaired) electrons. The van der Waals surface area contributed by atoms with E-state index >= 15 is 0 Å². The zero-order valence-corrected chi connectivity index (χ0v) is 12.1. The highest BCUT2D eigenvalue weighted by Crippen LogP contribution is 2.22. The molecule has 0 fully saturated rings. The Hall–Kier alpha value is -1.63. The summed E-state index contributed by atoms with van der Waals surface area (Å²) in [5.74, 6) is -1.29. The van der Waals surface area contributed by atoms with Gasteiger partial charge in [0.25, 0.3) is 5.91 Å². The average molecular weight is 333 g/mol. The van der Waals surface area contributed by atoms with Gasteiger partial charge in [0.05, 0.1) is 0 Å². The second-order valence-corrected chi connectivity index (χ2v) is 4.60. The summed E-state index contributed by atoms with van der Waals surface area (Å²) in [6.45, 7) is 3.55. The third-order valence-electron chi connectivity index (χ3n) is 2.14. The van der Waals surface area contributed by atoms with Gasteiger partial charge in [-0.3, -0.25) is 10.1 Å². The standard InChI is InChI=1S/C12H14BrFN2O3/c1-3-15-12(18)16-11(17)7(2)19-10-5-4-8(13)6-9(10)14/h4-7H,3H2,1-2H3,(H2,15,16,17,18)/t7-/m0/s1. The minimum atomic E-state index is -0.988. The number of imide groups is 1. The highest BCUT2D eigenvalue weighted by atomic mass is 79.9. The van der Waals surface area contributed by atoms with E-state index in [1.54, 1.807) is 13.0 Å². The molecule has 0 unspecified atom stereocenters. The summed E-state index contributed by atoms with van der Waals surface area (Å²) >= 11 is 3.11. The highest BCUT2D eigenvalue weighted by molar-refractivity contribution is 9.10. The molecule has 0 saturated heterocycles. The third kappa shape index (κ3) is 4.86. The summed E-state index contributed by atoms with van der Waals surface area (Å²) in [6.07, 6.45) is -0.988. The van der Waals surface area contributed by atoms with Crippen molar-refractivity contribution >= 4 is 27.9 Å². The van der Waals surface area contributed by atoms with Crippen LogP contribution in [0.5, 0.6) is 5.75 Å². The van der Waals surface area contributed by atoms with Gasteiger partial charge in [-0.1, -0.05) is 15.9 Å². The molecule has 5 nitrogen and oxygen atoms in total. The molecule has 0 aromatic heterocycles. The molecule has 0 bridgehead atoms. The Kier molecular flexibility index (Phi) is 5.75. The van der Waals surface area contributed by atoms with Crippen LogP contribution >= 0.6 is 15.9 Å². The first kappa shape index (κ1) is 15.4. The summed E-state index contributed by atoms with van der Waals surface area (Å²) < 4.78 is 19.2. The largest absolute Gasteiger partial charge is 0.478 e. The van der Waals surface area contributed by atoms with E-state index in [-0.39, 0.29) is 5.75 Å². The molecule has 1 aromatic carbocycles. The van der Waals surface area contributed by atoms with Crippen molar-refractivity contribution < 1.29 is 18.7 Å². The van der Waals surface area contributed by atoms with Crippen molar-refractivity contribution in [3.05, 3.63) is 28.5 Å². The molecule has 104 valence electrons. The molecule has 0 aliphatic carbocycles. The molecule has 1 rings (SSSR count). The molecule has 0 aliphatic rings. The van der Waals surface area contributed by atoms with E-state index in [1.807, 2.05) is 0 Å². The van der Waals surface area contributed by atoms with Gasteiger partial charge in [-0.15, -0.1) is 0 Å². The maximum absolute atomic E-state index is 13.5. The van der Waals surface area contributed by atoms with E-state index < -0.39 is 23.9 Å². The average Bonchev–Trinajstić information content (AvgIpc) is 2.32. The van der Waals surface area contributed by atoms with E-state index in [2.05, 4.69) is 26.6 Å². The lowest BCUT2D eigenvalue weighted by molar-refractivity contribution is -0.126. The Morgan fingerprint density at radius 1 is 1.47 bits per heavy atom. The molecular weight excluding hydrogens is 319 g/mol. The zero-order chi connectivity index (χ0) is 14.4. The van der Waals surface area contributed by atoms with Gasteiger partial charge in [0.1, 0.15) is 0 Å². The monoisotopic (exact) mass is 332 g/mol. The Labute approximate surface area is 118 Å². The van der Waals surface area contributed by atoms with Crippen molar-refractivity contribution in [1.29, 1.82) is 0 Å². The van der Waals surface area contributed by atoms with Crippen LogP contribution in [0.2, 0.25) is 0 Å². The van der Waals surface area contributed by atoms with Crippen molar-refractivity contribution in [2.45, 2.75) is 20.0 Å². The number of benzene rings is 1. The Balaban J connectivity index is 2.61. The second kappa shape index (κ2) is 7.08. The van der Waals surface area contributed by atoms with Gasteiger partial charge in [-0.05, 0) is 32.0 Å². The first-order valence-corrected chi connectivity index (χ1v) is 6.43. The number of hydrogen-bond donors (Lipinski definition) is 2. The third-order valence-corrected chi connectivity index (χ3v) is 2.63. The summed E-state index contributed by atoms with van der Waals surface area (Å²) in [6, 6.07) is 3.60. The predicted molar refractivity (Wildman–Crippen MR) is 71.4 cm³/mol. The minimum absolute atomic E-state index is 0.0539. The molecule has 0 heterocycles. The Bertz CT molecular complexity index is 482. The normalized spacial score (nSPS) is 11.6. The topological polar surface area (TPSA) is 67.4 Å². The van der Waals surface area contributed by atoms with Gasteiger partial charge in [0.15, 0.2) is 17.7 Å². The summed E-state index contributed by atoms with van der Waals surface area (Å²) in [5, 5.41) is 4.49. The van der Waals surface area contributed by atoms with Gasteiger partial charge in [0, 0.05) is 11.0 Å². The number of amides is 3. The maximum Gasteiger partial charge on any atom is 0.321 e. The number of ether oxygens (including phenoxy) is 1. The lowest BCUT2D eigenvalue weighted by Gasteiger charge is -2.14. The van der Waals surface area contributed by atoms with E-state index in [9.17, 15) is 14.0 Å². The number of carbonyl (C=O) groups is 2. The molecule has 3 amide bonds. The van der Waals surface area contributed by atoms with Crippen LogP contribution in [0.15, 0.2) is 22.7 Å². The van der Waals surface area contributed by atoms with Crippen molar-refractivity contribution in [1.82, 2.24) is 10.6 Å². The molecule has 0 spiro atoms. The van der Waals surface area contributed by atoms with Crippen LogP contribution in [-0.2, 0) is 4.79 Å². The van der Waals surface area contributed by atoms with Crippen LogP contribution in [-0.4, -0.2) is 24.6 Å². The van der Waals surface area contributed by atoms with Gasteiger partial charge < -0.3 is 10.1 Å². The fourth-order valence-corrected chi connectivity index (χ4v) is 1.57. The number of halogens is 2. The number of rotatable bonds is 4. The molecule has 0 aliphatic heterocycles. The van der Waals surface area contributed by atoms with Gasteiger partial charge >= 0.3 is 6.03 Å². The lowest BCUT2D eigenvalue weighted by Crippen LogP contribution is -2.45. The number of nitrogens with one attached hydrogen (secondary N) is 2. The first-order valence-electron chi connectivity index (χ1n) is 5.64. The van der Waals surface area contributed by atoms with Crippen LogP contribution in [0.1, 0.15) is 13.8 Å². The van der Waals surface area contributed by atoms with Gasteiger partial charge in [-0.25, -0.2) is 9.18 Å². The minimum Gasteiger partial charge on any atom is -0.478 e. The fraction of sp³-hybridized carbons (Fsp3) is 0.333.